The molecule has 2 unspecified atom stereocenters. The molecule has 2 aromatic rings. The minimum atomic E-state index is -2.77. The summed E-state index contributed by atoms with van der Waals surface area (Å²) >= 11 is 0. The van der Waals surface area contributed by atoms with E-state index < -0.39 is 75.6 Å². The zero-order chi connectivity index (χ0) is 27.9. The van der Waals surface area contributed by atoms with Crippen LogP contribution in [-0.4, -0.2) is 70.3 Å². The van der Waals surface area contributed by atoms with Crippen LogP contribution in [0.2, 0.25) is 0 Å². The quantitative estimate of drug-likeness (QED) is 0.362. The molecule has 6 atom stereocenters. The summed E-state index contributed by atoms with van der Waals surface area (Å²) in [6, 6.07) is 4.74. The first kappa shape index (κ1) is 25.5. The molecule has 5 rings (SSSR count). The van der Waals surface area contributed by atoms with Gasteiger partial charge in [-0.2, -0.15) is 5.26 Å². The smallest absolute Gasteiger partial charge is 0.235 e. The number of phenolic OH excluding ortho intramolecular Hbond substituents is 1. The van der Waals surface area contributed by atoms with Gasteiger partial charge in [-0.05, 0) is 50.2 Å². The average molecular weight is 520 g/mol. The van der Waals surface area contributed by atoms with Crippen LogP contribution < -0.4 is 17.2 Å². The van der Waals surface area contributed by atoms with E-state index in [1.165, 1.54) is 37.6 Å². The average Bonchev–Trinajstić information content (AvgIpc) is 3.32. The number of benzene rings is 1. The highest BCUT2D eigenvalue weighted by molar-refractivity contribution is 6.33. The predicted octanol–water partition coefficient (Wildman–Crippen LogP) is -0.932. The number of fused-ring (bicyclic) bond motifs is 3. The van der Waals surface area contributed by atoms with E-state index >= 15 is 0 Å². The molecule has 1 aromatic heterocycles. The Morgan fingerprint density at radius 2 is 1.84 bits per heavy atom. The molecule has 12 heteroatoms. The van der Waals surface area contributed by atoms with Crippen molar-refractivity contribution < 1.29 is 33.5 Å². The lowest BCUT2D eigenvalue weighted by molar-refractivity contribution is -0.166. The van der Waals surface area contributed by atoms with E-state index in [-0.39, 0.29) is 12.0 Å². The number of rotatable bonds is 3. The molecule has 2 fully saturated rings. The van der Waals surface area contributed by atoms with Crippen LogP contribution in [0, 0.1) is 28.6 Å². The summed E-state index contributed by atoms with van der Waals surface area (Å²) in [4.78, 5) is 68.8. The van der Waals surface area contributed by atoms with Crippen molar-refractivity contribution >= 4 is 29.0 Å². The minimum absolute atomic E-state index is 0.151. The molecule has 7 N–H and O–H groups in total. The molecule has 12 nitrogen and oxygen atoms in total. The molecule has 0 aliphatic heterocycles. The summed E-state index contributed by atoms with van der Waals surface area (Å²) in [6.45, 7) is 0. The number of nitrogens with two attached hydrogens (primary N) is 3. The second kappa shape index (κ2) is 7.91. The first-order chi connectivity index (χ1) is 17.8. The molecule has 0 radical (unpaired) electrons. The summed E-state index contributed by atoms with van der Waals surface area (Å²) in [5, 5.41) is 21.0. The number of phenols is 1. The number of aromatic hydroxyl groups is 1. The van der Waals surface area contributed by atoms with Crippen molar-refractivity contribution in [3.05, 3.63) is 41.9 Å². The summed E-state index contributed by atoms with van der Waals surface area (Å²) in [5.41, 5.74) is 13.5. The molecule has 2 saturated carbocycles. The van der Waals surface area contributed by atoms with Gasteiger partial charge in [0.1, 0.15) is 11.7 Å². The normalized spacial score (nSPS) is 34.4. The van der Waals surface area contributed by atoms with Gasteiger partial charge in [0.05, 0.1) is 35.7 Å². The van der Waals surface area contributed by atoms with Gasteiger partial charge < -0.3 is 26.7 Å². The zero-order valence-electron chi connectivity index (χ0n) is 20.6. The van der Waals surface area contributed by atoms with Crippen molar-refractivity contribution in [1.82, 2.24) is 4.90 Å². The van der Waals surface area contributed by atoms with Gasteiger partial charge in [0.2, 0.25) is 5.91 Å². The lowest BCUT2D eigenvalue weighted by Crippen LogP contribution is -2.85. The molecule has 38 heavy (non-hydrogen) atoms. The van der Waals surface area contributed by atoms with Gasteiger partial charge in [0.15, 0.2) is 34.5 Å². The number of hydrogen-bond acceptors (Lipinski definition) is 11. The Labute approximate surface area is 216 Å². The number of hydrogen-bond donors (Lipinski definition) is 4. The maximum absolute atomic E-state index is 14.3. The van der Waals surface area contributed by atoms with Crippen LogP contribution in [-0.2, 0) is 25.6 Å². The summed E-state index contributed by atoms with van der Waals surface area (Å²) in [6.07, 6.45) is 2.24. The predicted molar refractivity (Wildman–Crippen MR) is 129 cm³/mol. The number of nitriles is 1. The SMILES string of the molecule is CN(C)[C@@H]1C(=O)C(C(N)=O)C(=O)[C@@]2(C#N)C(=O)C3C(=O)c4c(O)ccc(-c5ccoc5)c4C[C@@]3(N)C[C@@]12N. The molecule has 0 bridgehead atoms. The first-order valence-corrected chi connectivity index (χ1v) is 11.8. The molecule has 3 aliphatic rings. The van der Waals surface area contributed by atoms with Crippen LogP contribution in [0.3, 0.4) is 0 Å². The Balaban J connectivity index is 1.79. The minimum Gasteiger partial charge on any atom is -0.507 e. The van der Waals surface area contributed by atoms with E-state index in [1.54, 1.807) is 18.2 Å². The van der Waals surface area contributed by atoms with Crippen molar-refractivity contribution in [2.75, 3.05) is 14.1 Å². The Hall–Kier alpha value is -4.18. The van der Waals surface area contributed by atoms with E-state index in [1.807, 2.05) is 0 Å². The number of ketones is 4. The molecule has 196 valence electrons. The van der Waals surface area contributed by atoms with Crippen LogP contribution in [0.4, 0.5) is 0 Å². The maximum atomic E-state index is 14.3. The van der Waals surface area contributed by atoms with Crippen molar-refractivity contribution in [1.29, 1.82) is 5.26 Å². The second-order valence-corrected chi connectivity index (χ2v) is 10.6. The third kappa shape index (κ3) is 2.86. The van der Waals surface area contributed by atoms with Crippen molar-refractivity contribution in [2.24, 2.45) is 34.5 Å². The number of carbonyl (C=O) groups is 5. The first-order valence-electron chi connectivity index (χ1n) is 11.8. The number of furan rings is 1. The van der Waals surface area contributed by atoms with E-state index in [0.717, 1.165) is 0 Å². The summed E-state index contributed by atoms with van der Waals surface area (Å²) < 4.78 is 5.17. The highest BCUT2D eigenvalue weighted by Gasteiger charge is 2.78. The third-order valence-electron chi connectivity index (χ3n) is 8.31. The standard InChI is InChI=1S/C26H25N5O7/c1-31(2)20-19(34)16(23(28)37)21(35)25(10-27)22(36)17-18(33)15-13(7-24(17,29)9-26(20,25)30)12(3-4-14(15)32)11-5-6-38-8-11/h3-6,8,16-17,20,32H,7,9,29-30H2,1-2H3,(H2,28,37)/t16?,17?,20-,24-,25+,26-/m1/s1. The topological polar surface area (TPSA) is 224 Å². The molecule has 1 amide bonds. The van der Waals surface area contributed by atoms with Gasteiger partial charge in [-0.3, -0.25) is 28.9 Å². The third-order valence-corrected chi connectivity index (χ3v) is 8.31. The number of nitrogens with zero attached hydrogens (tertiary/aromatic N) is 2. The zero-order valence-corrected chi connectivity index (χ0v) is 20.6. The Bertz CT molecular complexity index is 1490. The molecule has 0 saturated heterocycles. The van der Waals surface area contributed by atoms with Crippen LogP contribution in [0.5, 0.6) is 5.75 Å². The lowest BCUT2D eigenvalue weighted by atomic mass is 9.42. The number of Topliss-reactive ketones (excluding diaryl/α,β-unsaturated/α-hetero) is 4. The second-order valence-electron chi connectivity index (χ2n) is 10.6. The maximum Gasteiger partial charge on any atom is 0.235 e. The lowest BCUT2D eigenvalue weighted by Gasteiger charge is -2.60. The van der Waals surface area contributed by atoms with E-state index in [9.17, 15) is 34.3 Å². The molecular formula is C26H25N5O7. The van der Waals surface area contributed by atoms with Crippen LogP contribution >= 0.6 is 0 Å². The van der Waals surface area contributed by atoms with Crippen LogP contribution in [0.15, 0.2) is 35.1 Å². The number of likely N-dealkylation sites (N-methyl/N-ethyl adjacent to an activating group) is 1. The Kier molecular flexibility index (Phi) is 5.30. The van der Waals surface area contributed by atoms with Gasteiger partial charge in [-0.15, -0.1) is 0 Å². The molecule has 1 heterocycles. The number of primary amides is 1. The highest BCUT2D eigenvalue weighted by Crippen LogP contribution is 2.56. The molecule has 3 aliphatic carbocycles. The van der Waals surface area contributed by atoms with Crippen molar-refractivity contribution in [3.63, 3.8) is 0 Å². The van der Waals surface area contributed by atoms with Crippen LogP contribution in [0.25, 0.3) is 11.1 Å². The van der Waals surface area contributed by atoms with Crippen LogP contribution in [0.1, 0.15) is 22.3 Å². The van der Waals surface area contributed by atoms with E-state index in [0.29, 0.717) is 16.7 Å². The Morgan fingerprint density at radius 3 is 2.39 bits per heavy atom. The summed E-state index contributed by atoms with van der Waals surface area (Å²) in [5.74, 6) is -10.0. The monoisotopic (exact) mass is 519 g/mol. The van der Waals surface area contributed by atoms with Gasteiger partial charge in [0, 0.05) is 11.1 Å². The van der Waals surface area contributed by atoms with Gasteiger partial charge in [0.25, 0.3) is 0 Å². The fourth-order valence-electron chi connectivity index (χ4n) is 6.90. The van der Waals surface area contributed by atoms with Gasteiger partial charge in [-0.25, -0.2) is 0 Å². The fraction of sp³-hybridized carbons (Fsp3) is 0.385. The van der Waals surface area contributed by atoms with E-state index in [4.69, 9.17) is 21.6 Å². The molecular weight excluding hydrogens is 494 g/mol. The Morgan fingerprint density at radius 1 is 1.16 bits per heavy atom. The van der Waals surface area contributed by atoms with Gasteiger partial charge in [-0.1, -0.05) is 6.07 Å². The fourth-order valence-corrected chi connectivity index (χ4v) is 6.90. The molecule has 0 spiro atoms. The highest BCUT2D eigenvalue weighted by atomic mass is 16.3. The largest absolute Gasteiger partial charge is 0.507 e. The summed E-state index contributed by atoms with van der Waals surface area (Å²) in [7, 11) is 2.90. The molecule has 1 aromatic carbocycles. The van der Waals surface area contributed by atoms with Gasteiger partial charge >= 0.3 is 0 Å². The van der Waals surface area contributed by atoms with Crippen molar-refractivity contribution in [2.45, 2.75) is 30.0 Å². The number of carbonyl (C=O) groups excluding carboxylic acids is 5. The number of amides is 1. The van der Waals surface area contributed by atoms with Crippen molar-refractivity contribution in [3.8, 4) is 22.9 Å². The van der Waals surface area contributed by atoms with E-state index in [2.05, 4.69) is 0 Å².